The van der Waals surface area contributed by atoms with Crippen LogP contribution in [0.25, 0.3) is 0 Å². The summed E-state index contributed by atoms with van der Waals surface area (Å²) in [5.41, 5.74) is 0.589. The standard InChI is InChI=1S/C11H7Cl5O/c12-7(9(14)11(15)16)8(13)10(17)6-4-2-1-3-5-6/h1-5,10,17H. The molecule has 0 radical (unpaired) electrons. The van der Waals surface area contributed by atoms with Crippen LogP contribution < -0.4 is 0 Å². The summed E-state index contributed by atoms with van der Waals surface area (Å²) in [4.78, 5) is 0. The van der Waals surface area contributed by atoms with E-state index in [1.54, 1.807) is 24.3 Å². The van der Waals surface area contributed by atoms with Gasteiger partial charge in [0.05, 0.1) is 15.1 Å². The lowest BCUT2D eigenvalue weighted by Crippen LogP contribution is -1.99. The predicted octanol–water partition coefficient (Wildman–Crippen LogP) is 5.29. The molecular formula is C11H7Cl5O. The van der Waals surface area contributed by atoms with Gasteiger partial charge in [0.25, 0.3) is 0 Å². The Balaban J connectivity index is 3.09. The molecule has 1 atom stereocenters. The summed E-state index contributed by atoms with van der Waals surface area (Å²) in [5.74, 6) is 0. The Labute approximate surface area is 124 Å². The Hall–Kier alpha value is 0.110. The van der Waals surface area contributed by atoms with E-state index >= 15 is 0 Å². The maximum absolute atomic E-state index is 9.95. The molecule has 0 amide bonds. The third-order valence-electron chi connectivity index (χ3n) is 1.92. The highest BCUT2D eigenvalue weighted by molar-refractivity contribution is 6.62. The lowest BCUT2D eigenvalue weighted by molar-refractivity contribution is 0.223. The Kier molecular flexibility index (Phi) is 6.14. The molecule has 1 N–H and O–H groups in total. The van der Waals surface area contributed by atoms with Gasteiger partial charge in [-0.05, 0) is 5.56 Å². The van der Waals surface area contributed by atoms with Crippen molar-refractivity contribution in [1.29, 1.82) is 0 Å². The maximum Gasteiger partial charge on any atom is 0.126 e. The average Bonchev–Trinajstić information content (AvgIpc) is 2.36. The highest BCUT2D eigenvalue weighted by Gasteiger charge is 2.18. The third kappa shape index (κ3) is 4.06. The van der Waals surface area contributed by atoms with Gasteiger partial charge in [-0.25, -0.2) is 0 Å². The highest BCUT2D eigenvalue weighted by Crippen LogP contribution is 2.36. The number of halogens is 5. The fourth-order valence-corrected chi connectivity index (χ4v) is 1.94. The van der Waals surface area contributed by atoms with Crippen molar-refractivity contribution in [3.63, 3.8) is 0 Å². The lowest BCUT2D eigenvalue weighted by atomic mass is 10.1. The van der Waals surface area contributed by atoms with Crippen molar-refractivity contribution in [2.45, 2.75) is 6.10 Å². The number of benzene rings is 1. The van der Waals surface area contributed by atoms with E-state index < -0.39 is 6.10 Å². The van der Waals surface area contributed by atoms with Gasteiger partial charge in [-0.1, -0.05) is 88.3 Å². The number of allylic oxidation sites excluding steroid dienone is 2. The minimum absolute atomic E-state index is 0.0401. The number of hydrogen-bond donors (Lipinski definition) is 1. The lowest BCUT2D eigenvalue weighted by Gasteiger charge is -2.11. The molecule has 1 nitrogen and oxygen atoms in total. The molecule has 0 fully saturated rings. The van der Waals surface area contributed by atoms with Crippen molar-refractivity contribution >= 4 is 58.0 Å². The van der Waals surface area contributed by atoms with Crippen LogP contribution >= 0.6 is 58.0 Å². The van der Waals surface area contributed by atoms with E-state index in [-0.39, 0.29) is 19.6 Å². The molecule has 1 aromatic rings. The molecule has 0 heterocycles. The fraction of sp³-hybridized carbons (Fsp3) is 0.0909. The molecule has 0 saturated heterocycles. The minimum Gasteiger partial charge on any atom is -0.383 e. The third-order valence-corrected chi connectivity index (χ3v) is 3.85. The van der Waals surface area contributed by atoms with Gasteiger partial charge in [0.15, 0.2) is 0 Å². The zero-order valence-electron chi connectivity index (χ0n) is 8.30. The molecule has 1 aromatic carbocycles. The second kappa shape index (κ2) is 6.89. The summed E-state index contributed by atoms with van der Waals surface area (Å²) in [6.45, 7) is 0. The van der Waals surface area contributed by atoms with E-state index in [2.05, 4.69) is 0 Å². The molecule has 0 aliphatic rings. The molecule has 0 aliphatic heterocycles. The number of aliphatic hydroxyl groups is 1. The van der Waals surface area contributed by atoms with E-state index in [4.69, 9.17) is 58.0 Å². The maximum atomic E-state index is 9.95. The normalized spacial score (nSPS) is 14.0. The Morgan fingerprint density at radius 1 is 0.882 bits per heavy atom. The van der Waals surface area contributed by atoms with E-state index in [0.717, 1.165) is 0 Å². The number of aliphatic hydroxyl groups excluding tert-OH is 1. The van der Waals surface area contributed by atoms with Crippen molar-refractivity contribution < 1.29 is 5.11 Å². The van der Waals surface area contributed by atoms with Crippen LogP contribution in [0.15, 0.2) is 49.9 Å². The van der Waals surface area contributed by atoms with Crippen molar-refractivity contribution in [3.05, 3.63) is 55.5 Å². The zero-order valence-corrected chi connectivity index (χ0v) is 12.1. The van der Waals surface area contributed by atoms with Crippen molar-refractivity contribution in [2.75, 3.05) is 0 Å². The van der Waals surface area contributed by atoms with E-state index in [1.807, 2.05) is 6.07 Å². The van der Waals surface area contributed by atoms with E-state index in [0.29, 0.717) is 5.56 Å². The number of hydrogen-bond acceptors (Lipinski definition) is 1. The summed E-state index contributed by atoms with van der Waals surface area (Å²) < 4.78 is -0.213. The van der Waals surface area contributed by atoms with Crippen LogP contribution in [0.1, 0.15) is 11.7 Å². The second-order valence-corrected chi connectivity index (χ2v) is 5.16. The Morgan fingerprint density at radius 2 is 1.41 bits per heavy atom. The van der Waals surface area contributed by atoms with Gasteiger partial charge in [-0.3, -0.25) is 0 Å². The number of rotatable bonds is 3. The fourth-order valence-electron chi connectivity index (χ4n) is 1.09. The Bertz CT molecular complexity index is 448. The average molecular weight is 332 g/mol. The Morgan fingerprint density at radius 3 is 1.88 bits per heavy atom. The van der Waals surface area contributed by atoms with Gasteiger partial charge >= 0.3 is 0 Å². The first-order valence-corrected chi connectivity index (χ1v) is 6.33. The van der Waals surface area contributed by atoms with E-state index in [9.17, 15) is 5.11 Å². The van der Waals surface area contributed by atoms with Gasteiger partial charge in [-0.2, -0.15) is 0 Å². The molecule has 1 rings (SSSR count). The summed E-state index contributed by atoms with van der Waals surface area (Å²) in [5, 5.41) is 9.73. The van der Waals surface area contributed by atoms with Gasteiger partial charge in [0.2, 0.25) is 0 Å². The summed E-state index contributed by atoms with van der Waals surface area (Å²) >= 11 is 28.4. The highest BCUT2D eigenvalue weighted by atomic mass is 35.5. The van der Waals surface area contributed by atoms with Crippen LogP contribution in [0, 0.1) is 0 Å². The smallest absolute Gasteiger partial charge is 0.126 e. The summed E-state index contributed by atoms with van der Waals surface area (Å²) in [7, 11) is 0. The molecule has 0 bridgehead atoms. The molecule has 0 saturated carbocycles. The van der Waals surface area contributed by atoms with Crippen LogP contribution in [0.5, 0.6) is 0 Å². The van der Waals surface area contributed by atoms with E-state index in [1.165, 1.54) is 0 Å². The van der Waals surface area contributed by atoms with Gasteiger partial charge < -0.3 is 5.11 Å². The molecule has 0 aromatic heterocycles. The van der Waals surface area contributed by atoms with Crippen LogP contribution in [0.3, 0.4) is 0 Å². The predicted molar refractivity (Wildman–Crippen MR) is 74.7 cm³/mol. The van der Waals surface area contributed by atoms with Gasteiger partial charge in [0.1, 0.15) is 10.6 Å². The van der Waals surface area contributed by atoms with Crippen molar-refractivity contribution in [2.24, 2.45) is 0 Å². The molecule has 6 heteroatoms. The molecule has 0 spiro atoms. The largest absolute Gasteiger partial charge is 0.383 e. The molecule has 0 aliphatic carbocycles. The van der Waals surface area contributed by atoms with Crippen molar-refractivity contribution in [1.82, 2.24) is 0 Å². The first kappa shape index (κ1) is 15.2. The molecule has 17 heavy (non-hydrogen) atoms. The first-order chi connectivity index (χ1) is 7.95. The SMILES string of the molecule is OC(C(Cl)=C(Cl)C(Cl)=C(Cl)Cl)c1ccccc1. The van der Waals surface area contributed by atoms with Crippen LogP contribution in [-0.2, 0) is 0 Å². The monoisotopic (exact) mass is 330 g/mol. The summed E-state index contributed by atoms with van der Waals surface area (Å²) in [6.07, 6.45) is -1.08. The van der Waals surface area contributed by atoms with Crippen LogP contribution in [0.4, 0.5) is 0 Å². The minimum atomic E-state index is -1.08. The molecular weight excluding hydrogens is 325 g/mol. The molecule has 1 unspecified atom stereocenters. The quantitative estimate of drug-likeness (QED) is 0.745. The van der Waals surface area contributed by atoms with Crippen molar-refractivity contribution in [3.8, 4) is 0 Å². The van der Waals surface area contributed by atoms with Crippen LogP contribution in [-0.4, -0.2) is 5.11 Å². The zero-order chi connectivity index (χ0) is 13.0. The van der Waals surface area contributed by atoms with Gasteiger partial charge in [-0.15, -0.1) is 0 Å². The second-order valence-electron chi connectivity index (χ2n) is 3.05. The topological polar surface area (TPSA) is 20.2 Å². The summed E-state index contributed by atoms with van der Waals surface area (Å²) in [6, 6.07) is 8.76. The molecule has 92 valence electrons. The first-order valence-electron chi connectivity index (χ1n) is 4.44. The van der Waals surface area contributed by atoms with Gasteiger partial charge in [0, 0.05) is 0 Å². The van der Waals surface area contributed by atoms with Crippen LogP contribution in [0.2, 0.25) is 0 Å².